The summed E-state index contributed by atoms with van der Waals surface area (Å²) in [6.07, 6.45) is 0. The highest BCUT2D eigenvalue weighted by molar-refractivity contribution is 7.92. The van der Waals surface area contributed by atoms with E-state index in [2.05, 4.69) is 5.32 Å². The van der Waals surface area contributed by atoms with E-state index in [1.165, 1.54) is 18.2 Å². The molecule has 1 N–H and O–H groups in total. The average molecular weight is 467 g/mol. The number of hydrogen-bond donors (Lipinski definition) is 1. The lowest BCUT2D eigenvalue weighted by molar-refractivity contribution is -0.114. The van der Waals surface area contributed by atoms with Crippen LogP contribution in [0.4, 0.5) is 11.4 Å². The fourth-order valence-electron chi connectivity index (χ4n) is 3.18. The number of rotatable bonds is 8. The van der Waals surface area contributed by atoms with Crippen LogP contribution in [0.1, 0.15) is 28.4 Å². The average Bonchev–Trinajstić information content (AvgIpc) is 2.80. The van der Waals surface area contributed by atoms with E-state index < -0.39 is 28.4 Å². The van der Waals surface area contributed by atoms with Crippen LogP contribution >= 0.6 is 0 Å². The molecule has 0 bridgehead atoms. The van der Waals surface area contributed by atoms with E-state index in [-0.39, 0.29) is 17.1 Å². The topological polar surface area (TPSA) is 92.8 Å². The van der Waals surface area contributed by atoms with Gasteiger partial charge in [0, 0.05) is 5.69 Å². The molecule has 0 saturated carbocycles. The summed E-state index contributed by atoms with van der Waals surface area (Å²) in [5.41, 5.74) is 2.96. The first kappa shape index (κ1) is 24.0. The van der Waals surface area contributed by atoms with Crippen molar-refractivity contribution in [3.8, 4) is 0 Å². The normalized spacial score (nSPS) is 11.0. The summed E-state index contributed by atoms with van der Waals surface area (Å²) in [7, 11) is -4.00. The van der Waals surface area contributed by atoms with Crippen LogP contribution in [0.2, 0.25) is 0 Å². The Balaban J connectivity index is 1.91. The van der Waals surface area contributed by atoms with E-state index in [0.717, 1.165) is 15.4 Å². The molecular weight excluding hydrogens is 440 g/mol. The third-order valence-electron chi connectivity index (χ3n) is 5.05. The van der Waals surface area contributed by atoms with Crippen LogP contribution in [0, 0.1) is 13.8 Å². The first-order valence-electron chi connectivity index (χ1n) is 10.4. The number of anilines is 2. The molecule has 0 aromatic heterocycles. The minimum atomic E-state index is -4.00. The molecule has 0 fully saturated rings. The molecule has 0 heterocycles. The van der Waals surface area contributed by atoms with Crippen molar-refractivity contribution in [3.05, 3.63) is 89.5 Å². The molecule has 7 nitrogen and oxygen atoms in total. The summed E-state index contributed by atoms with van der Waals surface area (Å²) < 4.78 is 32.9. The molecule has 0 spiro atoms. The lowest BCUT2D eigenvalue weighted by atomic mass is 10.1. The summed E-state index contributed by atoms with van der Waals surface area (Å²) in [6, 6.07) is 19.5. The molecule has 0 aliphatic heterocycles. The number of benzene rings is 3. The maximum Gasteiger partial charge on any atom is 0.338 e. The number of carbonyl (C=O) groups excluding carboxylic acids is 2. The van der Waals surface area contributed by atoms with Crippen LogP contribution < -0.4 is 9.62 Å². The Labute approximate surface area is 194 Å². The summed E-state index contributed by atoms with van der Waals surface area (Å²) in [5, 5.41) is 2.68. The van der Waals surface area contributed by atoms with Gasteiger partial charge in [0.15, 0.2) is 0 Å². The van der Waals surface area contributed by atoms with E-state index in [0.29, 0.717) is 11.4 Å². The van der Waals surface area contributed by atoms with Gasteiger partial charge in [-0.1, -0.05) is 30.3 Å². The van der Waals surface area contributed by atoms with Gasteiger partial charge in [0.25, 0.3) is 10.0 Å². The zero-order chi connectivity index (χ0) is 24.0. The van der Waals surface area contributed by atoms with Gasteiger partial charge in [0.2, 0.25) is 5.91 Å². The number of sulfonamides is 1. The third-order valence-corrected chi connectivity index (χ3v) is 6.84. The van der Waals surface area contributed by atoms with Crippen molar-refractivity contribution in [2.45, 2.75) is 25.7 Å². The summed E-state index contributed by atoms with van der Waals surface area (Å²) >= 11 is 0. The van der Waals surface area contributed by atoms with Crippen LogP contribution in [0.3, 0.4) is 0 Å². The molecule has 0 saturated heterocycles. The largest absolute Gasteiger partial charge is 0.462 e. The number of esters is 1. The standard InChI is InChI=1S/C25H26N2O5S/c1-4-32-25(29)20-9-8-10-21(16-20)26-24(28)17-27(22-14-13-18(2)19(3)15-22)33(30,31)23-11-6-5-7-12-23/h5-16H,4,17H2,1-3H3,(H,26,28). The van der Waals surface area contributed by atoms with Gasteiger partial charge in [-0.15, -0.1) is 0 Å². The Kier molecular flexibility index (Phi) is 7.50. The molecule has 3 rings (SSSR count). The highest BCUT2D eigenvalue weighted by Gasteiger charge is 2.27. The zero-order valence-corrected chi connectivity index (χ0v) is 19.6. The summed E-state index contributed by atoms with van der Waals surface area (Å²) in [5.74, 6) is -1.05. The summed E-state index contributed by atoms with van der Waals surface area (Å²) in [4.78, 5) is 25.0. The zero-order valence-electron chi connectivity index (χ0n) is 18.7. The van der Waals surface area contributed by atoms with Crippen molar-refractivity contribution >= 4 is 33.3 Å². The molecule has 172 valence electrons. The fraction of sp³-hybridized carbons (Fsp3) is 0.200. The minimum Gasteiger partial charge on any atom is -0.462 e. The fourth-order valence-corrected chi connectivity index (χ4v) is 4.62. The maximum atomic E-state index is 13.4. The molecule has 33 heavy (non-hydrogen) atoms. The number of ether oxygens (including phenoxy) is 1. The van der Waals surface area contributed by atoms with E-state index >= 15 is 0 Å². The molecule has 3 aromatic carbocycles. The van der Waals surface area contributed by atoms with Gasteiger partial charge in [-0.05, 0) is 74.4 Å². The monoisotopic (exact) mass is 466 g/mol. The molecule has 8 heteroatoms. The number of nitrogens with one attached hydrogen (secondary N) is 1. The van der Waals surface area contributed by atoms with Crippen molar-refractivity contribution < 1.29 is 22.7 Å². The quantitative estimate of drug-likeness (QED) is 0.499. The number of carbonyl (C=O) groups is 2. The highest BCUT2D eigenvalue weighted by Crippen LogP contribution is 2.26. The third kappa shape index (κ3) is 5.78. The lowest BCUT2D eigenvalue weighted by Crippen LogP contribution is -2.38. The molecule has 0 atom stereocenters. The molecule has 0 unspecified atom stereocenters. The van der Waals surface area contributed by atoms with Crippen molar-refractivity contribution in [2.24, 2.45) is 0 Å². The van der Waals surface area contributed by atoms with Crippen LogP contribution in [-0.2, 0) is 19.6 Å². The van der Waals surface area contributed by atoms with Crippen molar-refractivity contribution in [1.82, 2.24) is 0 Å². The molecule has 3 aromatic rings. The second kappa shape index (κ2) is 10.3. The maximum absolute atomic E-state index is 13.4. The van der Waals surface area contributed by atoms with Gasteiger partial charge < -0.3 is 10.1 Å². The van der Waals surface area contributed by atoms with E-state index in [1.54, 1.807) is 55.5 Å². The minimum absolute atomic E-state index is 0.0836. The number of amides is 1. The Bertz CT molecular complexity index is 1260. The van der Waals surface area contributed by atoms with Gasteiger partial charge in [-0.25, -0.2) is 13.2 Å². The van der Waals surface area contributed by atoms with Gasteiger partial charge in [-0.3, -0.25) is 9.10 Å². The van der Waals surface area contributed by atoms with Crippen LogP contribution in [0.15, 0.2) is 77.7 Å². The van der Waals surface area contributed by atoms with Gasteiger partial charge in [0.1, 0.15) is 6.54 Å². The van der Waals surface area contributed by atoms with Gasteiger partial charge in [-0.2, -0.15) is 0 Å². The highest BCUT2D eigenvalue weighted by atomic mass is 32.2. The predicted octanol–water partition coefficient (Wildman–Crippen LogP) is 4.31. The Morgan fingerprint density at radius 3 is 2.30 bits per heavy atom. The molecule has 1 amide bonds. The number of hydrogen-bond acceptors (Lipinski definition) is 5. The Hall–Kier alpha value is -3.65. The second-order valence-corrected chi connectivity index (χ2v) is 9.31. The SMILES string of the molecule is CCOC(=O)c1cccc(NC(=O)CN(c2ccc(C)c(C)c2)S(=O)(=O)c2ccccc2)c1. The smallest absolute Gasteiger partial charge is 0.338 e. The molecule has 0 aliphatic rings. The van der Waals surface area contributed by atoms with Crippen LogP contribution in [0.5, 0.6) is 0 Å². The van der Waals surface area contributed by atoms with Gasteiger partial charge >= 0.3 is 5.97 Å². The van der Waals surface area contributed by atoms with Crippen LogP contribution in [0.25, 0.3) is 0 Å². The van der Waals surface area contributed by atoms with Crippen molar-refractivity contribution in [1.29, 1.82) is 0 Å². The Morgan fingerprint density at radius 2 is 1.64 bits per heavy atom. The molecule has 0 radical (unpaired) electrons. The molecular formula is C25H26N2O5S. The van der Waals surface area contributed by atoms with Crippen molar-refractivity contribution in [3.63, 3.8) is 0 Å². The predicted molar refractivity (Wildman–Crippen MR) is 128 cm³/mol. The van der Waals surface area contributed by atoms with Crippen LogP contribution in [-0.4, -0.2) is 33.4 Å². The molecule has 0 aliphatic carbocycles. The van der Waals surface area contributed by atoms with Gasteiger partial charge in [0.05, 0.1) is 22.8 Å². The van der Waals surface area contributed by atoms with E-state index in [1.807, 2.05) is 19.9 Å². The first-order chi connectivity index (χ1) is 15.7. The van der Waals surface area contributed by atoms with Crippen molar-refractivity contribution in [2.75, 3.05) is 22.8 Å². The first-order valence-corrected chi connectivity index (χ1v) is 11.9. The number of nitrogens with zero attached hydrogens (tertiary/aromatic N) is 1. The summed E-state index contributed by atoms with van der Waals surface area (Å²) in [6.45, 7) is 5.31. The Morgan fingerprint density at radius 1 is 0.909 bits per heavy atom. The number of aryl methyl sites for hydroxylation is 2. The van der Waals surface area contributed by atoms with E-state index in [4.69, 9.17) is 4.74 Å². The second-order valence-electron chi connectivity index (χ2n) is 7.44. The lowest BCUT2D eigenvalue weighted by Gasteiger charge is -2.25. The van der Waals surface area contributed by atoms with E-state index in [9.17, 15) is 18.0 Å².